The van der Waals surface area contributed by atoms with Crippen LogP contribution in [0.15, 0.2) is 245 Å². The Hall–Kier alpha value is -14.4. The van der Waals surface area contributed by atoms with Crippen molar-refractivity contribution in [2.45, 2.75) is 0 Å². The highest BCUT2D eigenvalue weighted by Gasteiger charge is 2.37. The molecule has 2 N–H and O–H groups in total. The third-order valence-corrected chi connectivity index (χ3v) is 18.2. The Morgan fingerprint density at radius 1 is 0.237 bits per heavy atom. The number of fused-ring (bicyclic) bond motifs is 24. The van der Waals surface area contributed by atoms with Crippen LogP contribution < -0.4 is 0 Å². The third kappa shape index (κ3) is 7.34. The van der Waals surface area contributed by atoms with E-state index in [4.69, 9.17) is 70.7 Å². The van der Waals surface area contributed by atoms with Crippen molar-refractivity contribution in [3.63, 3.8) is 0 Å². The van der Waals surface area contributed by atoms with E-state index >= 15 is 0 Å². The zero-order valence-corrected chi connectivity index (χ0v) is 50.3. The molecule has 19 aromatic rings. The lowest BCUT2D eigenvalue weighted by Gasteiger charge is -2.18. The van der Waals surface area contributed by atoms with Crippen LogP contribution in [0.2, 0.25) is 0 Å². The van der Waals surface area contributed by atoms with Gasteiger partial charge in [-0.2, -0.15) is 40.8 Å². The molecule has 0 unspecified atom stereocenters. The molecule has 25 nitrogen and oxygen atoms in total. The molecule has 456 valence electrons. The molecule has 8 aromatic carbocycles. The predicted molar refractivity (Wildman–Crippen MR) is 364 cm³/mol. The average molecular weight is 1260 g/mol. The number of hydrogen-bond acceptors (Lipinski definition) is 15. The first-order valence-electron chi connectivity index (χ1n) is 31.0. The Morgan fingerprint density at radius 2 is 0.454 bits per heavy atom. The zero-order chi connectivity index (χ0) is 63.6. The first-order chi connectivity index (χ1) is 48.1. The lowest BCUT2D eigenvalue weighted by atomic mass is 9.95. The number of nitrogens with zero attached hydrogens (tertiary/aromatic N) is 23. The summed E-state index contributed by atoms with van der Waals surface area (Å²) < 4.78 is 15.6. The van der Waals surface area contributed by atoms with E-state index in [0.717, 1.165) is 47.8 Å². The van der Waals surface area contributed by atoms with Gasteiger partial charge in [-0.05, 0) is 48.5 Å². The van der Waals surface area contributed by atoms with E-state index in [1.807, 2.05) is 187 Å². The lowest BCUT2D eigenvalue weighted by Crippen LogP contribution is -2.06. The van der Waals surface area contributed by atoms with E-state index < -0.39 is 0 Å². The van der Waals surface area contributed by atoms with Gasteiger partial charge in [-0.15, -0.1) is 4.73 Å². The molecule has 0 aliphatic carbocycles. The van der Waals surface area contributed by atoms with Crippen molar-refractivity contribution in [1.82, 2.24) is 118 Å². The van der Waals surface area contributed by atoms with Gasteiger partial charge in [-0.1, -0.05) is 97.1 Å². The van der Waals surface area contributed by atoms with Crippen LogP contribution in [0.4, 0.5) is 0 Å². The molecule has 0 saturated heterocycles. The number of aromatic amines is 1. The molecule has 0 fully saturated rings. The van der Waals surface area contributed by atoms with Crippen molar-refractivity contribution < 1.29 is 5.21 Å². The van der Waals surface area contributed by atoms with E-state index in [-0.39, 0.29) is 34.6 Å². The van der Waals surface area contributed by atoms with Gasteiger partial charge in [-0.3, -0.25) is 0 Å². The van der Waals surface area contributed by atoms with E-state index in [2.05, 4.69) is 41.4 Å². The maximum absolute atomic E-state index is 14.1. The number of aromatic nitrogens is 24. The summed E-state index contributed by atoms with van der Waals surface area (Å²) in [4.78, 5) is 38.6. The molecule has 2 aliphatic rings. The third-order valence-electron chi connectivity index (χ3n) is 18.2. The second kappa shape index (κ2) is 19.8. The molecular weight excluding hydrogens is 1220 g/mol. The average Bonchev–Trinajstić information content (AvgIpc) is 1.59. The van der Waals surface area contributed by atoms with Gasteiger partial charge in [0.2, 0.25) is 0 Å². The second-order valence-corrected chi connectivity index (χ2v) is 23.3. The van der Waals surface area contributed by atoms with Crippen LogP contribution in [0, 0.1) is 0 Å². The zero-order valence-electron chi connectivity index (χ0n) is 50.3. The van der Waals surface area contributed by atoms with Crippen molar-refractivity contribution in [1.29, 1.82) is 0 Å². The summed E-state index contributed by atoms with van der Waals surface area (Å²) in [5.41, 5.74) is 8.09. The maximum atomic E-state index is 14.1. The molecule has 97 heavy (non-hydrogen) atoms. The van der Waals surface area contributed by atoms with Crippen LogP contribution in [0.3, 0.4) is 0 Å². The Bertz CT molecular complexity index is 6210. The highest BCUT2D eigenvalue weighted by atomic mass is 16.5. The molecule has 0 spiro atoms. The summed E-state index contributed by atoms with van der Waals surface area (Å²) >= 11 is 0. The molecule has 21 rings (SSSR count). The van der Waals surface area contributed by atoms with Crippen LogP contribution in [0.25, 0.3) is 178 Å². The largest absolute Gasteiger partial charge is 0.425 e. The molecule has 11 aromatic heterocycles. The van der Waals surface area contributed by atoms with Gasteiger partial charge >= 0.3 is 0 Å². The fourth-order valence-electron chi connectivity index (χ4n) is 14.6. The molecule has 2 aliphatic heterocycles. The predicted octanol–water partition coefficient (Wildman–Crippen LogP) is 12.7. The van der Waals surface area contributed by atoms with Crippen molar-refractivity contribution in [3.05, 3.63) is 245 Å². The van der Waals surface area contributed by atoms with Crippen LogP contribution in [0.5, 0.6) is 0 Å². The van der Waals surface area contributed by atoms with Gasteiger partial charge in [0.1, 0.15) is 11.3 Å². The first kappa shape index (κ1) is 52.3. The number of benzene rings is 8. The molecule has 8 bridgehead atoms. The molecular formula is C72H42N24O. The van der Waals surface area contributed by atoms with Crippen LogP contribution in [-0.4, -0.2) is 123 Å². The minimum absolute atomic E-state index is 0.0383. The molecule has 25 heteroatoms. The minimum Gasteiger partial charge on any atom is -0.425 e. The first-order valence-corrected chi connectivity index (χ1v) is 31.0. The Labute approximate surface area is 543 Å². The summed E-state index contributed by atoms with van der Waals surface area (Å²) in [6.45, 7) is 0. The number of H-pyrrole nitrogens is 1. The van der Waals surface area contributed by atoms with Crippen molar-refractivity contribution in [2.24, 2.45) is 0 Å². The molecule has 0 saturated carbocycles. The van der Waals surface area contributed by atoms with Crippen LogP contribution in [-0.2, 0) is 0 Å². The molecule has 13 heterocycles. The summed E-state index contributed by atoms with van der Waals surface area (Å²) in [5, 5.41) is 62.3. The molecule has 0 amide bonds. The van der Waals surface area contributed by atoms with Gasteiger partial charge in [0.15, 0.2) is 34.6 Å². The summed E-state index contributed by atoms with van der Waals surface area (Å²) in [7, 11) is 0. The normalized spacial score (nSPS) is 12.2. The highest BCUT2D eigenvalue weighted by Crippen LogP contribution is 2.52. The smallest absolute Gasteiger partial charge is 0.182 e. The van der Waals surface area contributed by atoms with Gasteiger partial charge in [0.25, 0.3) is 0 Å². The summed E-state index contributed by atoms with van der Waals surface area (Å²) in [6.07, 6.45) is 29.1. The Morgan fingerprint density at radius 3 is 0.691 bits per heavy atom. The topological polar surface area (TPSA) is 261 Å². The van der Waals surface area contributed by atoms with Crippen molar-refractivity contribution >= 4 is 87.2 Å². The minimum atomic E-state index is 0.0383. The Balaban J connectivity index is 1.08. The van der Waals surface area contributed by atoms with E-state index in [1.54, 1.807) is 58.9 Å². The maximum Gasteiger partial charge on any atom is 0.182 e. The molecule has 0 radical (unpaired) electrons. The fourth-order valence-corrected chi connectivity index (χ4v) is 14.6. The fraction of sp³-hybridized carbons (Fsp3) is 0. The molecule has 0 atom stereocenters. The Kier molecular flexibility index (Phi) is 10.7. The standard InChI is InChI=1S/C72H42N24O/c97-96-71-55-56(64(95-40-16-32-80-95)48-24-8-7-23-47(48)63(55)94-39-15-31-79-94)72(96)87-70-54-52(60(91-36-12-28-76-91)44-20-4-6-22-46(44)62(54)93-38-14-30-78-93)68(85-70)83-66-50-49(57(88-33-9-25-73-88)41-17-1-2-18-42(41)58(50)89-34-10-26-74-89)65(81-66)82-67-51-53(69(84-67)86-71)61(92-37-13-29-77-92)45-21-5-3-19-43(45)59(51)90-35-11-27-75-90/h1-40,97H,(H,81,82,83,84,85,86,87). The number of nitrogens with one attached hydrogen (secondary N) is 1. The van der Waals surface area contributed by atoms with Gasteiger partial charge in [0.05, 0.1) is 89.3 Å². The summed E-state index contributed by atoms with van der Waals surface area (Å²) in [6, 6.07) is 47.4. The van der Waals surface area contributed by atoms with Crippen molar-refractivity contribution in [2.75, 3.05) is 0 Å². The van der Waals surface area contributed by atoms with Gasteiger partial charge < -0.3 is 10.2 Å². The second-order valence-electron chi connectivity index (χ2n) is 23.3. The number of rotatable bonds is 8. The lowest BCUT2D eigenvalue weighted by molar-refractivity contribution is 0.209. The van der Waals surface area contributed by atoms with E-state index in [0.29, 0.717) is 101 Å². The van der Waals surface area contributed by atoms with Crippen molar-refractivity contribution in [3.8, 4) is 91.1 Å². The SMILES string of the molecule is On1c2nc3nc(nc4[nH]c(nc5nc(nc1c1c(-n6cccn6)c6ccccc6c(-n6cccn6)c12)-c1c-5c(-n2cccn2)c2ccccc2c1-n1cccn1)c1c(-n2cccn2)c2ccccc2c(-n2cccn2)c41)-c1c-3c(-n2cccn2)c2ccccc2c1-n1cccn1. The van der Waals surface area contributed by atoms with Crippen LogP contribution >= 0.6 is 0 Å². The monoisotopic (exact) mass is 1260 g/mol. The van der Waals surface area contributed by atoms with Crippen LogP contribution in [0.1, 0.15) is 0 Å². The van der Waals surface area contributed by atoms with Gasteiger partial charge in [-0.25, -0.2) is 67.4 Å². The number of hydrogen-bond donors (Lipinski definition) is 2. The van der Waals surface area contributed by atoms with E-state index in [9.17, 15) is 5.21 Å². The van der Waals surface area contributed by atoms with Gasteiger partial charge in [0, 0.05) is 142 Å². The summed E-state index contributed by atoms with van der Waals surface area (Å²) in [5.74, 6) is 0.795. The highest BCUT2D eigenvalue weighted by molar-refractivity contribution is 6.25. The van der Waals surface area contributed by atoms with E-state index in [1.165, 1.54) is 0 Å². The quantitative estimate of drug-likeness (QED) is 0.134.